The number of nitrogens with one attached hydrogen (secondary N) is 2. The number of carbonyl (C=O) groups excluding carboxylic acids is 1. The predicted molar refractivity (Wildman–Crippen MR) is 78.0 cm³/mol. The number of amides is 1. The predicted octanol–water partition coefficient (Wildman–Crippen LogP) is 2.14. The maximum atomic E-state index is 12.1. The molecule has 2 unspecified atom stereocenters. The van der Waals surface area contributed by atoms with Gasteiger partial charge in [-0.2, -0.15) is 5.10 Å². The van der Waals surface area contributed by atoms with Crippen LogP contribution in [0.1, 0.15) is 19.3 Å². The van der Waals surface area contributed by atoms with E-state index < -0.39 is 0 Å². The van der Waals surface area contributed by atoms with Gasteiger partial charge in [-0.15, -0.1) is 0 Å². The van der Waals surface area contributed by atoms with E-state index in [0.717, 1.165) is 36.2 Å². The minimum atomic E-state index is 0.0530. The van der Waals surface area contributed by atoms with Gasteiger partial charge in [0.25, 0.3) is 0 Å². The Labute approximate surface area is 117 Å². The number of benzene rings is 1. The quantitative estimate of drug-likeness (QED) is 0.799. The van der Waals surface area contributed by atoms with Crippen molar-refractivity contribution in [3.63, 3.8) is 0 Å². The smallest absolute Gasteiger partial charge is 0.227 e. The summed E-state index contributed by atoms with van der Waals surface area (Å²) in [7, 11) is 0. The molecule has 1 heterocycles. The van der Waals surface area contributed by atoms with Crippen LogP contribution < -0.4 is 11.1 Å². The molecular formula is C15H18N4O. The molecule has 0 aliphatic heterocycles. The number of hydrogen-bond donors (Lipinski definition) is 3. The van der Waals surface area contributed by atoms with Gasteiger partial charge in [0.2, 0.25) is 5.91 Å². The summed E-state index contributed by atoms with van der Waals surface area (Å²) in [6.45, 7) is 0. The third kappa shape index (κ3) is 2.72. The Bertz CT molecular complexity index is 576. The number of anilines is 1. The van der Waals surface area contributed by atoms with Crippen LogP contribution in [0.3, 0.4) is 0 Å². The molecule has 0 saturated heterocycles. The van der Waals surface area contributed by atoms with Gasteiger partial charge in [0.05, 0.1) is 5.69 Å². The minimum absolute atomic E-state index is 0.0530. The van der Waals surface area contributed by atoms with Crippen molar-refractivity contribution in [1.82, 2.24) is 10.2 Å². The van der Waals surface area contributed by atoms with Gasteiger partial charge in [0, 0.05) is 23.8 Å². The molecule has 1 amide bonds. The first kappa shape index (κ1) is 12.9. The highest BCUT2D eigenvalue weighted by Gasteiger charge is 2.27. The lowest BCUT2D eigenvalue weighted by molar-refractivity contribution is -0.119. The van der Waals surface area contributed by atoms with Crippen molar-refractivity contribution in [3.05, 3.63) is 36.5 Å². The second kappa shape index (κ2) is 5.46. The van der Waals surface area contributed by atoms with E-state index in [4.69, 9.17) is 5.73 Å². The molecular weight excluding hydrogens is 252 g/mol. The lowest BCUT2D eigenvalue weighted by Gasteiger charge is -2.11. The highest BCUT2D eigenvalue weighted by molar-refractivity contribution is 5.93. The molecule has 1 fully saturated rings. The van der Waals surface area contributed by atoms with Crippen molar-refractivity contribution in [2.75, 3.05) is 5.32 Å². The summed E-state index contributed by atoms with van der Waals surface area (Å²) in [4.78, 5) is 12.1. The van der Waals surface area contributed by atoms with Gasteiger partial charge in [-0.25, -0.2) is 0 Å². The van der Waals surface area contributed by atoms with E-state index >= 15 is 0 Å². The number of aromatic amines is 1. The van der Waals surface area contributed by atoms with Crippen molar-refractivity contribution in [2.24, 2.45) is 11.7 Å². The summed E-state index contributed by atoms with van der Waals surface area (Å²) < 4.78 is 0. The van der Waals surface area contributed by atoms with Gasteiger partial charge < -0.3 is 11.1 Å². The van der Waals surface area contributed by atoms with Crippen LogP contribution >= 0.6 is 0 Å². The molecule has 2 aromatic rings. The molecule has 5 heteroatoms. The molecule has 3 rings (SSSR count). The topological polar surface area (TPSA) is 83.8 Å². The van der Waals surface area contributed by atoms with Crippen molar-refractivity contribution >= 4 is 11.6 Å². The van der Waals surface area contributed by atoms with Gasteiger partial charge in [-0.05, 0) is 43.0 Å². The first-order valence-electron chi connectivity index (χ1n) is 6.88. The SMILES string of the molecule is NC1CCC(C(=O)Nc2ccc(-c3ccn[nH]3)cc2)C1. The van der Waals surface area contributed by atoms with Crippen LogP contribution in [0.5, 0.6) is 0 Å². The maximum Gasteiger partial charge on any atom is 0.227 e. The van der Waals surface area contributed by atoms with Gasteiger partial charge in [-0.1, -0.05) is 12.1 Å². The zero-order chi connectivity index (χ0) is 13.9. The Hall–Kier alpha value is -2.14. The molecule has 1 aromatic heterocycles. The average Bonchev–Trinajstić information content (AvgIpc) is 3.10. The second-order valence-corrected chi connectivity index (χ2v) is 5.31. The number of rotatable bonds is 3. The zero-order valence-corrected chi connectivity index (χ0v) is 11.2. The second-order valence-electron chi connectivity index (χ2n) is 5.31. The van der Waals surface area contributed by atoms with E-state index in [1.165, 1.54) is 0 Å². The fraction of sp³-hybridized carbons (Fsp3) is 0.333. The lowest BCUT2D eigenvalue weighted by atomic mass is 10.1. The van der Waals surface area contributed by atoms with Crippen LogP contribution in [0.4, 0.5) is 5.69 Å². The third-order valence-corrected chi connectivity index (χ3v) is 3.81. The van der Waals surface area contributed by atoms with Crippen LogP contribution in [0.2, 0.25) is 0 Å². The molecule has 1 aliphatic rings. The molecule has 0 spiro atoms. The Morgan fingerprint density at radius 1 is 1.25 bits per heavy atom. The molecule has 1 aliphatic carbocycles. The summed E-state index contributed by atoms with van der Waals surface area (Å²) in [5, 5.41) is 9.79. The number of H-pyrrole nitrogens is 1. The first-order chi connectivity index (χ1) is 9.72. The summed E-state index contributed by atoms with van der Waals surface area (Å²) in [5.41, 5.74) is 8.67. The monoisotopic (exact) mass is 270 g/mol. The Morgan fingerprint density at radius 2 is 2.05 bits per heavy atom. The van der Waals surface area contributed by atoms with Crippen LogP contribution in [-0.2, 0) is 4.79 Å². The molecule has 5 nitrogen and oxygen atoms in total. The molecule has 4 N–H and O–H groups in total. The fourth-order valence-corrected chi connectivity index (χ4v) is 2.65. The third-order valence-electron chi connectivity index (χ3n) is 3.81. The van der Waals surface area contributed by atoms with Gasteiger partial charge in [0.1, 0.15) is 0 Å². The number of nitrogens with zero attached hydrogens (tertiary/aromatic N) is 1. The highest BCUT2D eigenvalue weighted by Crippen LogP contribution is 2.26. The molecule has 20 heavy (non-hydrogen) atoms. The lowest BCUT2D eigenvalue weighted by Crippen LogP contribution is -2.23. The Kier molecular flexibility index (Phi) is 3.52. The number of hydrogen-bond acceptors (Lipinski definition) is 3. The molecule has 0 bridgehead atoms. The number of aromatic nitrogens is 2. The largest absolute Gasteiger partial charge is 0.328 e. The van der Waals surface area contributed by atoms with Crippen molar-refractivity contribution < 1.29 is 4.79 Å². The van der Waals surface area contributed by atoms with Gasteiger partial charge in [0.15, 0.2) is 0 Å². The average molecular weight is 270 g/mol. The fourth-order valence-electron chi connectivity index (χ4n) is 2.65. The van der Waals surface area contributed by atoms with Crippen LogP contribution in [0, 0.1) is 5.92 Å². The van der Waals surface area contributed by atoms with Gasteiger partial charge >= 0.3 is 0 Å². The van der Waals surface area contributed by atoms with E-state index in [1.807, 2.05) is 30.3 Å². The molecule has 0 radical (unpaired) electrons. The van der Waals surface area contributed by atoms with Crippen molar-refractivity contribution in [1.29, 1.82) is 0 Å². The first-order valence-corrected chi connectivity index (χ1v) is 6.88. The summed E-state index contributed by atoms with van der Waals surface area (Å²) in [6.07, 6.45) is 4.34. The molecule has 1 saturated carbocycles. The summed E-state index contributed by atoms with van der Waals surface area (Å²) >= 11 is 0. The van der Waals surface area contributed by atoms with Crippen molar-refractivity contribution in [3.8, 4) is 11.3 Å². The van der Waals surface area contributed by atoms with E-state index in [1.54, 1.807) is 6.20 Å². The summed E-state index contributed by atoms with van der Waals surface area (Å²) in [5.74, 6) is 0.129. The van der Waals surface area contributed by atoms with Crippen LogP contribution in [0.25, 0.3) is 11.3 Å². The molecule has 2 atom stereocenters. The summed E-state index contributed by atoms with van der Waals surface area (Å²) in [6, 6.07) is 9.82. The van der Waals surface area contributed by atoms with E-state index in [9.17, 15) is 4.79 Å². The molecule has 1 aromatic carbocycles. The number of nitrogens with two attached hydrogens (primary N) is 1. The number of carbonyl (C=O) groups is 1. The van der Waals surface area contributed by atoms with Gasteiger partial charge in [-0.3, -0.25) is 9.89 Å². The van der Waals surface area contributed by atoms with E-state index in [0.29, 0.717) is 0 Å². The highest BCUT2D eigenvalue weighted by atomic mass is 16.1. The standard InChI is InChI=1S/C15H18N4O/c16-12-4-1-11(9-12)15(20)18-13-5-2-10(3-6-13)14-7-8-17-19-14/h2-3,5-8,11-12H,1,4,9,16H2,(H,17,19)(H,18,20). The van der Waals surface area contributed by atoms with Crippen LogP contribution in [0.15, 0.2) is 36.5 Å². The maximum absolute atomic E-state index is 12.1. The van der Waals surface area contributed by atoms with E-state index in [2.05, 4.69) is 15.5 Å². The normalized spacial score (nSPS) is 21.9. The van der Waals surface area contributed by atoms with E-state index in [-0.39, 0.29) is 17.9 Å². The van der Waals surface area contributed by atoms with Crippen molar-refractivity contribution in [2.45, 2.75) is 25.3 Å². The molecule has 104 valence electrons. The van der Waals surface area contributed by atoms with Crippen LogP contribution in [-0.4, -0.2) is 22.1 Å². The minimum Gasteiger partial charge on any atom is -0.328 e. The Morgan fingerprint density at radius 3 is 2.65 bits per heavy atom. The zero-order valence-electron chi connectivity index (χ0n) is 11.2. The Balaban J connectivity index is 1.65.